The van der Waals surface area contributed by atoms with Crippen molar-refractivity contribution in [3.8, 4) is 5.75 Å². The minimum Gasteiger partial charge on any atom is -0.505 e. The van der Waals surface area contributed by atoms with Gasteiger partial charge >= 0.3 is 24.7 Å². The number of nitrogens with zero attached hydrogens (tertiary/aromatic N) is 2. The normalized spacial score (nSPS) is 25.7. The Morgan fingerprint density at radius 3 is 1.39 bits per heavy atom. The van der Waals surface area contributed by atoms with Gasteiger partial charge in [-0.1, -0.05) is 17.7 Å². The second kappa shape index (κ2) is 12.5. The number of alkyl halides is 12. The summed E-state index contributed by atoms with van der Waals surface area (Å²) in [5.41, 5.74) is -9.72. The summed E-state index contributed by atoms with van der Waals surface area (Å²) in [6, 6.07) is 2.82. The van der Waals surface area contributed by atoms with E-state index in [0.717, 1.165) is 18.2 Å². The fourth-order valence-corrected chi connectivity index (χ4v) is 8.32. The van der Waals surface area contributed by atoms with Crippen molar-refractivity contribution in [1.82, 2.24) is 0 Å². The number of allylic oxidation sites excluding steroid dienone is 2. The Morgan fingerprint density at radius 2 is 0.964 bits per heavy atom. The topological polar surface area (TPSA) is 95.0 Å². The van der Waals surface area contributed by atoms with E-state index in [1.54, 1.807) is 0 Å². The molecule has 0 radical (unpaired) electrons. The van der Waals surface area contributed by atoms with E-state index in [4.69, 9.17) is 0 Å². The molecule has 0 spiro atoms. The molecule has 3 fully saturated rings. The van der Waals surface area contributed by atoms with Crippen molar-refractivity contribution >= 4 is 35.0 Å². The highest BCUT2D eigenvalue weighted by Gasteiger charge is 2.63. The maximum Gasteiger partial charge on any atom is 0.416 e. The highest BCUT2D eigenvalue weighted by Crippen LogP contribution is 2.59. The molecule has 2 aliphatic carbocycles. The van der Waals surface area contributed by atoms with Crippen LogP contribution in [0.5, 0.6) is 5.75 Å². The Labute approximate surface area is 305 Å². The summed E-state index contributed by atoms with van der Waals surface area (Å²) < 4.78 is 180. The first kappa shape index (κ1) is 38.8. The van der Waals surface area contributed by atoms with Crippen LogP contribution in [0.4, 0.5) is 68.5 Å². The SMILES string of the molecule is O=C1C2CC=C3C(CC4C(=O)N(c5cc(C(F)(F)F)cc(C(F)(F)F)c5)C(=O)C4C3c3ccc(O)c(F)c3)C2C(=O)N1c1cc(C(F)(F)F)cc(C(F)(F)F)c1. The second-order valence-corrected chi connectivity index (χ2v) is 13.8. The van der Waals surface area contributed by atoms with Crippen LogP contribution in [0.1, 0.15) is 46.6 Å². The summed E-state index contributed by atoms with van der Waals surface area (Å²) in [4.78, 5) is 56.3. The van der Waals surface area contributed by atoms with Gasteiger partial charge in [-0.3, -0.25) is 19.2 Å². The smallest absolute Gasteiger partial charge is 0.416 e. The molecule has 0 aromatic heterocycles. The van der Waals surface area contributed by atoms with Gasteiger partial charge in [0, 0.05) is 5.92 Å². The summed E-state index contributed by atoms with van der Waals surface area (Å²) in [5, 5.41) is 9.86. The Bertz CT molecular complexity index is 2180. The number of phenolic OH excluding ortho intramolecular Hbond substituents is 1. The van der Waals surface area contributed by atoms with Crippen LogP contribution in [-0.4, -0.2) is 28.7 Å². The first-order valence-corrected chi connectivity index (χ1v) is 16.3. The van der Waals surface area contributed by atoms with Gasteiger partial charge in [0.15, 0.2) is 11.6 Å². The van der Waals surface area contributed by atoms with E-state index >= 15 is 0 Å². The number of amides is 4. The Hall–Kier alpha value is -5.43. The van der Waals surface area contributed by atoms with Gasteiger partial charge in [0.05, 0.1) is 57.3 Å². The molecule has 0 bridgehead atoms. The van der Waals surface area contributed by atoms with E-state index in [9.17, 15) is 81.4 Å². The van der Waals surface area contributed by atoms with E-state index in [-0.39, 0.29) is 57.3 Å². The van der Waals surface area contributed by atoms with Crippen LogP contribution in [0.25, 0.3) is 0 Å². The first-order chi connectivity index (χ1) is 25.8. The molecule has 296 valence electrons. The Balaban J connectivity index is 1.35. The monoisotopic (exact) mass is 808 g/mol. The largest absolute Gasteiger partial charge is 0.505 e. The molecule has 6 atom stereocenters. The number of rotatable bonds is 3. The van der Waals surface area contributed by atoms with Crippen LogP contribution in [0.3, 0.4) is 0 Å². The average molecular weight is 809 g/mol. The van der Waals surface area contributed by atoms with Crippen LogP contribution < -0.4 is 9.80 Å². The van der Waals surface area contributed by atoms with E-state index in [1.807, 2.05) is 0 Å². The molecule has 3 aromatic carbocycles. The molecule has 3 aromatic rings. The van der Waals surface area contributed by atoms with Crippen molar-refractivity contribution in [1.29, 1.82) is 0 Å². The minimum absolute atomic E-state index is 0.0589. The van der Waals surface area contributed by atoms with Gasteiger partial charge in [0.25, 0.3) is 0 Å². The third-order valence-electron chi connectivity index (χ3n) is 10.6. The van der Waals surface area contributed by atoms with Crippen molar-refractivity contribution < 1.29 is 81.4 Å². The summed E-state index contributed by atoms with van der Waals surface area (Å²) in [5.74, 6) is -16.5. The lowest BCUT2D eigenvalue weighted by Gasteiger charge is -2.44. The molecule has 56 heavy (non-hydrogen) atoms. The van der Waals surface area contributed by atoms with Gasteiger partial charge in [-0.15, -0.1) is 0 Å². The number of hydrogen-bond donors (Lipinski definition) is 1. The molecule has 1 N–H and O–H groups in total. The van der Waals surface area contributed by atoms with E-state index in [0.29, 0.717) is 0 Å². The second-order valence-electron chi connectivity index (χ2n) is 13.8. The number of aromatic hydroxyl groups is 1. The van der Waals surface area contributed by atoms with Gasteiger partial charge in [-0.05, 0) is 72.9 Å². The van der Waals surface area contributed by atoms with Crippen molar-refractivity contribution in [2.24, 2.45) is 29.6 Å². The van der Waals surface area contributed by atoms with Crippen LogP contribution in [-0.2, 0) is 43.9 Å². The van der Waals surface area contributed by atoms with Crippen molar-refractivity contribution in [2.75, 3.05) is 9.80 Å². The zero-order valence-electron chi connectivity index (χ0n) is 27.5. The van der Waals surface area contributed by atoms with Crippen LogP contribution in [0.2, 0.25) is 0 Å². The standard InChI is InChI=1S/C36H21F13N2O5/c37-24-5-13(1-4-25(24)52)26-20-2-3-21-27(31(55)50(29(21)53)18-8-14(33(38,39)40)6-15(9-18)34(41,42)43)22(20)12-23-28(26)32(56)51(30(23)54)19-10-16(35(44,45)46)7-17(11-19)36(47,48)49/h1-2,4-11,21-23,26-28,52H,3,12H2. The molecule has 1 saturated carbocycles. The average Bonchev–Trinajstić information content (AvgIpc) is 3.50. The lowest BCUT2D eigenvalue weighted by atomic mass is 9.57. The van der Waals surface area contributed by atoms with Crippen molar-refractivity contribution in [3.05, 3.63) is 99.9 Å². The molecule has 2 heterocycles. The van der Waals surface area contributed by atoms with Gasteiger partial charge in [0.1, 0.15) is 0 Å². The molecular weight excluding hydrogens is 787 g/mol. The third kappa shape index (κ3) is 6.25. The zero-order chi connectivity index (χ0) is 41.2. The fourth-order valence-electron chi connectivity index (χ4n) is 8.32. The van der Waals surface area contributed by atoms with Gasteiger partial charge in [-0.25, -0.2) is 14.2 Å². The Kier molecular flexibility index (Phi) is 8.69. The van der Waals surface area contributed by atoms with E-state index in [2.05, 4.69) is 0 Å². The van der Waals surface area contributed by atoms with Crippen molar-refractivity contribution in [3.63, 3.8) is 0 Å². The van der Waals surface area contributed by atoms with E-state index in [1.165, 1.54) is 6.08 Å². The summed E-state index contributed by atoms with van der Waals surface area (Å²) >= 11 is 0. The number of phenols is 1. The number of benzene rings is 3. The number of carbonyl (C=O) groups is 4. The molecule has 2 saturated heterocycles. The van der Waals surface area contributed by atoms with E-state index < -0.39 is 142 Å². The lowest BCUT2D eigenvalue weighted by Crippen LogP contribution is -2.43. The molecule has 4 aliphatic rings. The molecule has 7 nitrogen and oxygen atoms in total. The predicted octanol–water partition coefficient (Wildman–Crippen LogP) is 8.65. The molecule has 4 amide bonds. The number of carbonyl (C=O) groups excluding carboxylic acids is 4. The first-order valence-electron chi connectivity index (χ1n) is 16.3. The predicted molar refractivity (Wildman–Crippen MR) is 163 cm³/mol. The molecule has 20 heteroatoms. The highest BCUT2D eigenvalue weighted by atomic mass is 19.4. The van der Waals surface area contributed by atoms with Crippen molar-refractivity contribution in [2.45, 2.75) is 43.5 Å². The summed E-state index contributed by atoms with van der Waals surface area (Å²) in [7, 11) is 0. The number of fused-ring (bicyclic) bond motifs is 4. The van der Waals surface area contributed by atoms with Gasteiger partial charge in [0.2, 0.25) is 23.6 Å². The molecule has 2 aliphatic heterocycles. The Morgan fingerprint density at radius 1 is 0.536 bits per heavy atom. The van der Waals surface area contributed by atoms with Gasteiger partial charge < -0.3 is 5.11 Å². The number of halogens is 13. The molecule has 6 unspecified atom stereocenters. The number of hydrogen-bond acceptors (Lipinski definition) is 5. The van der Waals surface area contributed by atoms with Crippen LogP contribution in [0, 0.1) is 35.4 Å². The van der Waals surface area contributed by atoms with Crippen LogP contribution >= 0.6 is 0 Å². The highest BCUT2D eigenvalue weighted by molar-refractivity contribution is 6.24. The minimum atomic E-state index is -5.39. The fraction of sp³-hybridized carbons (Fsp3) is 0.333. The molecule has 7 rings (SSSR count). The lowest BCUT2D eigenvalue weighted by molar-refractivity contribution is -0.144. The zero-order valence-corrected chi connectivity index (χ0v) is 27.5. The maximum absolute atomic E-state index is 14.8. The number of anilines is 2. The maximum atomic E-state index is 14.8. The summed E-state index contributed by atoms with van der Waals surface area (Å²) in [6.45, 7) is 0. The quantitative estimate of drug-likeness (QED) is 0.163. The third-order valence-corrected chi connectivity index (χ3v) is 10.6. The number of imide groups is 2. The molecular formula is C36H21F13N2O5. The summed E-state index contributed by atoms with van der Waals surface area (Å²) in [6.07, 6.45) is -21.2. The van der Waals surface area contributed by atoms with Gasteiger partial charge in [-0.2, -0.15) is 52.7 Å². The van der Waals surface area contributed by atoms with Crippen LogP contribution in [0.15, 0.2) is 66.2 Å².